The fourth-order valence-corrected chi connectivity index (χ4v) is 3.80. The smallest absolute Gasteiger partial charge is 0.303 e. The Morgan fingerprint density at radius 3 is 2.66 bits per heavy atom. The lowest BCUT2D eigenvalue weighted by Gasteiger charge is -2.31. The van der Waals surface area contributed by atoms with Gasteiger partial charge in [-0.2, -0.15) is 15.2 Å². The Bertz CT molecular complexity index is 1140. The topological polar surface area (TPSA) is 144 Å². The van der Waals surface area contributed by atoms with Gasteiger partial charge in [-0.05, 0) is 43.0 Å². The summed E-state index contributed by atoms with van der Waals surface area (Å²) < 4.78 is 30.1. The van der Waals surface area contributed by atoms with Crippen LogP contribution in [0.2, 0.25) is 0 Å². The number of hydrogen-bond acceptors (Lipinski definition) is 7. The maximum Gasteiger partial charge on any atom is 0.471 e. The molecule has 11 nitrogen and oxygen atoms in total. The molecule has 0 aliphatic carbocycles. The van der Waals surface area contributed by atoms with Gasteiger partial charge >= 0.3 is 7.82 Å². The summed E-state index contributed by atoms with van der Waals surface area (Å²) in [5.74, 6) is -0.587. The number of nitrogens with zero attached hydrogens (tertiary/aromatic N) is 6. The van der Waals surface area contributed by atoms with Crippen molar-refractivity contribution >= 4 is 19.7 Å². The summed E-state index contributed by atoms with van der Waals surface area (Å²) in [6.07, 6.45) is 4.66. The Morgan fingerprint density at radius 1 is 1.19 bits per heavy atom. The molecule has 3 aromatic rings. The first-order chi connectivity index (χ1) is 15.3. The lowest BCUT2D eigenvalue weighted by Crippen LogP contribution is -2.43. The Balaban J connectivity index is 1.62. The van der Waals surface area contributed by atoms with Crippen molar-refractivity contribution in [3.63, 3.8) is 0 Å². The van der Waals surface area contributed by atoms with Crippen molar-refractivity contribution in [3.8, 4) is 11.4 Å². The minimum Gasteiger partial charge on any atom is -0.303 e. The average molecular weight is 462 g/mol. The van der Waals surface area contributed by atoms with E-state index in [0.717, 1.165) is 10.2 Å². The number of carbonyl (C=O) groups is 1. The van der Waals surface area contributed by atoms with E-state index in [9.17, 15) is 13.8 Å². The minimum atomic E-state index is -4.78. The molecule has 32 heavy (non-hydrogen) atoms. The number of carbonyl (C=O) groups excluding carboxylic acids is 1. The highest BCUT2D eigenvalue weighted by Crippen LogP contribution is 2.37. The predicted molar refractivity (Wildman–Crippen MR) is 109 cm³/mol. The van der Waals surface area contributed by atoms with E-state index in [-0.39, 0.29) is 29.4 Å². The van der Waals surface area contributed by atoms with Crippen LogP contribution in [0, 0.1) is 11.7 Å². The van der Waals surface area contributed by atoms with Crippen molar-refractivity contribution < 1.29 is 28.1 Å². The number of phosphoric acid groups is 1. The molecular formula is C19H20FN6O5P. The fraction of sp³-hybridized carbons (Fsp3) is 0.316. The molecule has 2 aromatic heterocycles. The first kappa shape index (κ1) is 22.2. The summed E-state index contributed by atoms with van der Waals surface area (Å²) in [5.41, 5.74) is 1.35. The van der Waals surface area contributed by atoms with Gasteiger partial charge in [0.05, 0.1) is 12.4 Å². The summed E-state index contributed by atoms with van der Waals surface area (Å²) in [6, 6.07) is 7.62. The van der Waals surface area contributed by atoms with Crippen molar-refractivity contribution in [3.05, 3.63) is 54.1 Å². The third-order valence-electron chi connectivity index (χ3n) is 5.03. The molecule has 1 aliphatic rings. The molecule has 0 spiro atoms. The van der Waals surface area contributed by atoms with Gasteiger partial charge in [-0.1, -0.05) is 12.1 Å². The van der Waals surface area contributed by atoms with E-state index in [1.165, 1.54) is 29.4 Å². The molecule has 0 saturated carbocycles. The maximum atomic E-state index is 13.3. The van der Waals surface area contributed by atoms with Crippen molar-refractivity contribution in [2.75, 3.05) is 11.4 Å². The summed E-state index contributed by atoms with van der Waals surface area (Å²) in [5, 5.41) is 11.7. The molecule has 0 bridgehead atoms. The molecule has 4 rings (SSSR count). The van der Waals surface area contributed by atoms with Crippen LogP contribution in [0.25, 0.3) is 11.4 Å². The molecule has 1 atom stereocenters. The number of phosphoric ester groups is 1. The highest BCUT2D eigenvalue weighted by Gasteiger charge is 2.33. The largest absolute Gasteiger partial charge is 0.471 e. The van der Waals surface area contributed by atoms with Crippen molar-refractivity contribution in [2.24, 2.45) is 5.92 Å². The van der Waals surface area contributed by atoms with Crippen LogP contribution < -0.4 is 4.90 Å². The molecule has 0 radical (unpaired) electrons. The van der Waals surface area contributed by atoms with Crippen LogP contribution in [0.15, 0.2) is 42.7 Å². The van der Waals surface area contributed by atoms with Gasteiger partial charge in [-0.25, -0.2) is 13.6 Å². The monoisotopic (exact) mass is 462 g/mol. The number of halogens is 1. The van der Waals surface area contributed by atoms with E-state index < -0.39 is 14.6 Å². The Hall–Kier alpha value is -3.05. The van der Waals surface area contributed by atoms with Crippen LogP contribution in [0.5, 0.6) is 0 Å². The van der Waals surface area contributed by atoms with Gasteiger partial charge in [-0.15, -0.1) is 5.10 Å². The molecule has 1 aromatic carbocycles. The number of piperidine rings is 1. The van der Waals surface area contributed by atoms with Crippen molar-refractivity contribution in [1.82, 2.24) is 25.0 Å². The zero-order valence-electron chi connectivity index (χ0n) is 16.8. The van der Waals surface area contributed by atoms with Gasteiger partial charge in [0, 0.05) is 18.0 Å². The highest BCUT2D eigenvalue weighted by molar-refractivity contribution is 7.46. The SMILES string of the molecule is O=C1C(Cc2ccc(F)cc2)CCCN1c1nc(-c2ccnnc2)nn1COP(=O)(O)O. The Labute approximate surface area is 182 Å². The van der Waals surface area contributed by atoms with Gasteiger partial charge < -0.3 is 9.79 Å². The fourth-order valence-electron chi connectivity index (χ4n) is 3.54. The number of benzene rings is 1. The Kier molecular flexibility index (Phi) is 6.38. The second kappa shape index (κ2) is 9.21. The van der Waals surface area contributed by atoms with Crippen molar-refractivity contribution in [2.45, 2.75) is 26.0 Å². The van der Waals surface area contributed by atoms with E-state index >= 15 is 0 Å². The molecule has 1 saturated heterocycles. The summed E-state index contributed by atoms with van der Waals surface area (Å²) >= 11 is 0. The summed E-state index contributed by atoms with van der Waals surface area (Å²) in [7, 11) is -4.78. The summed E-state index contributed by atoms with van der Waals surface area (Å²) in [4.78, 5) is 37.3. The van der Waals surface area contributed by atoms with Crippen LogP contribution in [0.1, 0.15) is 18.4 Å². The van der Waals surface area contributed by atoms with Gasteiger partial charge in [0.1, 0.15) is 5.82 Å². The van der Waals surface area contributed by atoms with E-state index in [1.807, 2.05) is 0 Å². The first-order valence-corrected chi connectivity index (χ1v) is 11.3. The molecule has 13 heteroatoms. The molecule has 3 heterocycles. The molecule has 1 aliphatic heterocycles. The van der Waals surface area contributed by atoms with E-state index in [2.05, 4.69) is 24.8 Å². The van der Waals surface area contributed by atoms with Gasteiger partial charge in [-0.3, -0.25) is 14.2 Å². The third-order valence-corrected chi connectivity index (χ3v) is 5.48. The van der Waals surface area contributed by atoms with Gasteiger partial charge in [0.25, 0.3) is 0 Å². The maximum absolute atomic E-state index is 13.3. The molecule has 1 unspecified atom stereocenters. The quantitative estimate of drug-likeness (QED) is 0.503. The van der Waals surface area contributed by atoms with Crippen LogP contribution in [-0.2, 0) is 27.0 Å². The number of rotatable bonds is 7. The number of aromatic nitrogens is 5. The van der Waals surface area contributed by atoms with Crippen LogP contribution in [-0.4, -0.2) is 47.2 Å². The van der Waals surface area contributed by atoms with Gasteiger partial charge in [0.15, 0.2) is 12.6 Å². The van der Waals surface area contributed by atoms with Crippen LogP contribution >= 0.6 is 7.82 Å². The lowest BCUT2D eigenvalue weighted by molar-refractivity contribution is -0.123. The van der Waals surface area contributed by atoms with Gasteiger partial charge in [0.2, 0.25) is 11.9 Å². The minimum absolute atomic E-state index is 0.110. The summed E-state index contributed by atoms with van der Waals surface area (Å²) in [6.45, 7) is -0.237. The first-order valence-electron chi connectivity index (χ1n) is 9.78. The average Bonchev–Trinajstić information content (AvgIpc) is 3.20. The second-order valence-corrected chi connectivity index (χ2v) is 8.51. The van der Waals surface area contributed by atoms with Crippen molar-refractivity contribution in [1.29, 1.82) is 0 Å². The number of anilines is 1. The zero-order chi connectivity index (χ0) is 22.7. The Morgan fingerprint density at radius 2 is 1.97 bits per heavy atom. The molecule has 168 valence electrons. The third kappa shape index (κ3) is 5.22. The number of amides is 1. The molecule has 2 N–H and O–H groups in total. The molecular weight excluding hydrogens is 442 g/mol. The standard InChI is InChI=1S/C19H20FN6O5P/c20-16-5-3-13(4-6-16)10-14-2-1-9-25(18(14)27)19-23-17(15-7-8-21-22-11-15)24-26(19)12-31-32(28,29)30/h3-8,11,14H,1-2,9-10,12H2,(H2,28,29,30). The second-order valence-electron chi connectivity index (χ2n) is 7.27. The lowest BCUT2D eigenvalue weighted by atomic mass is 9.90. The van der Waals surface area contributed by atoms with E-state index in [1.54, 1.807) is 18.2 Å². The van der Waals surface area contributed by atoms with Crippen LogP contribution in [0.3, 0.4) is 0 Å². The van der Waals surface area contributed by atoms with Crippen LogP contribution in [0.4, 0.5) is 10.3 Å². The predicted octanol–water partition coefficient (Wildman–Crippen LogP) is 1.93. The normalized spacial score (nSPS) is 17.0. The zero-order valence-corrected chi connectivity index (χ0v) is 17.7. The molecule has 1 fully saturated rings. The number of hydrogen-bond donors (Lipinski definition) is 2. The molecule has 1 amide bonds. The van der Waals surface area contributed by atoms with E-state index in [0.29, 0.717) is 31.4 Å². The van der Waals surface area contributed by atoms with E-state index in [4.69, 9.17) is 9.79 Å². The highest BCUT2D eigenvalue weighted by atomic mass is 31.2.